The van der Waals surface area contributed by atoms with Crippen LogP contribution >= 0.6 is 0 Å². The maximum Gasteiger partial charge on any atom is 0.416 e. The molecule has 0 radical (unpaired) electrons. The van der Waals surface area contributed by atoms with Gasteiger partial charge in [0.1, 0.15) is 0 Å². The van der Waals surface area contributed by atoms with Gasteiger partial charge in [-0.25, -0.2) is 0 Å². The molecular weight excluding hydrogens is 293 g/mol. The van der Waals surface area contributed by atoms with E-state index in [1.54, 1.807) is 11.0 Å². The quantitative estimate of drug-likeness (QED) is 0.910. The van der Waals surface area contributed by atoms with E-state index in [2.05, 4.69) is 5.32 Å². The maximum absolute atomic E-state index is 13.0. The van der Waals surface area contributed by atoms with Gasteiger partial charge in [-0.1, -0.05) is 18.2 Å². The lowest BCUT2D eigenvalue weighted by molar-refractivity contribution is -0.143. The SMILES string of the molecule is O=C(N1CCC1)C1(c2cccc(C(F)(F)F)c2)CCNCC1. The van der Waals surface area contributed by atoms with Gasteiger partial charge in [-0.3, -0.25) is 4.79 Å². The number of likely N-dealkylation sites (tertiary alicyclic amines) is 1. The van der Waals surface area contributed by atoms with Crippen LogP contribution in [0.4, 0.5) is 13.2 Å². The van der Waals surface area contributed by atoms with Crippen LogP contribution in [0.3, 0.4) is 0 Å². The molecule has 2 aliphatic rings. The van der Waals surface area contributed by atoms with Crippen LogP contribution in [-0.4, -0.2) is 37.0 Å². The van der Waals surface area contributed by atoms with E-state index >= 15 is 0 Å². The predicted octanol–water partition coefficient (Wildman–Crippen LogP) is 2.56. The molecule has 0 bridgehead atoms. The van der Waals surface area contributed by atoms with Gasteiger partial charge in [0, 0.05) is 13.1 Å². The van der Waals surface area contributed by atoms with Gasteiger partial charge in [0.25, 0.3) is 0 Å². The first-order valence-electron chi connectivity index (χ1n) is 7.61. The van der Waals surface area contributed by atoms with Crippen LogP contribution in [0.5, 0.6) is 0 Å². The topological polar surface area (TPSA) is 32.3 Å². The fraction of sp³-hybridized carbons (Fsp3) is 0.562. The summed E-state index contributed by atoms with van der Waals surface area (Å²) in [6.45, 7) is 2.73. The zero-order valence-corrected chi connectivity index (χ0v) is 12.2. The summed E-state index contributed by atoms with van der Waals surface area (Å²) in [6.07, 6.45) is -2.32. The molecule has 0 saturated carbocycles. The van der Waals surface area contributed by atoms with Crippen molar-refractivity contribution in [2.24, 2.45) is 0 Å². The van der Waals surface area contributed by atoms with Crippen LogP contribution < -0.4 is 5.32 Å². The number of nitrogens with one attached hydrogen (secondary N) is 1. The molecule has 120 valence electrons. The van der Waals surface area contributed by atoms with Crippen molar-refractivity contribution in [2.75, 3.05) is 26.2 Å². The lowest BCUT2D eigenvalue weighted by atomic mass is 9.71. The molecule has 1 aromatic rings. The highest BCUT2D eigenvalue weighted by Gasteiger charge is 2.45. The third-order valence-corrected chi connectivity index (χ3v) is 4.75. The zero-order chi connectivity index (χ0) is 15.8. The van der Waals surface area contributed by atoms with E-state index in [1.165, 1.54) is 6.07 Å². The van der Waals surface area contributed by atoms with Crippen molar-refractivity contribution >= 4 is 5.91 Å². The Balaban J connectivity index is 2.00. The number of hydrogen-bond donors (Lipinski definition) is 1. The number of piperidine rings is 1. The average molecular weight is 312 g/mol. The first kappa shape index (κ1) is 15.3. The fourth-order valence-electron chi connectivity index (χ4n) is 3.29. The van der Waals surface area contributed by atoms with Gasteiger partial charge in [-0.15, -0.1) is 0 Å². The Bertz CT molecular complexity index is 561. The van der Waals surface area contributed by atoms with Crippen LogP contribution in [0.2, 0.25) is 0 Å². The summed E-state index contributed by atoms with van der Waals surface area (Å²) >= 11 is 0. The molecule has 1 aromatic carbocycles. The van der Waals surface area contributed by atoms with Gasteiger partial charge in [0.05, 0.1) is 11.0 Å². The van der Waals surface area contributed by atoms with Crippen molar-refractivity contribution in [3.8, 4) is 0 Å². The highest BCUT2D eigenvalue weighted by molar-refractivity contribution is 5.89. The molecule has 0 aromatic heterocycles. The van der Waals surface area contributed by atoms with Gasteiger partial charge in [0.2, 0.25) is 5.91 Å². The van der Waals surface area contributed by atoms with Gasteiger partial charge in [-0.05, 0) is 44.0 Å². The molecule has 2 aliphatic heterocycles. The minimum atomic E-state index is -4.39. The number of rotatable bonds is 2. The summed E-state index contributed by atoms with van der Waals surface area (Å²) < 4.78 is 39.0. The Kier molecular flexibility index (Phi) is 3.89. The highest BCUT2D eigenvalue weighted by Crippen LogP contribution is 2.39. The Morgan fingerprint density at radius 1 is 1.18 bits per heavy atom. The summed E-state index contributed by atoms with van der Waals surface area (Å²) in [5, 5.41) is 3.19. The lowest BCUT2D eigenvalue weighted by Gasteiger charge is -2.43. The predicted molar refractivity (Wildman–Crippen MR) is 76.4 cm³/mol. The number of carbonyl (C=O) groups is 1. The fourth-order valence-corrected chi connectivity index (χ4v) is 3.29. The third-order valence-electron chi connectivity index (χ3n) is 4.75. The lowest BCUT2D eigenvalue weighted by Crippen LogP contribution is -2.55. The van der Waals surface area contributed by atoms with Gasteiger partial charge < -0.3 is 10.2 Å². The molecular formula is C16H19F3N2O. The zero-order valence-electron chi connectivity index (χ0n) is 12.2. The van der Waals surface area contributed by atoms with Crippen molar-refractivity contribution in [3.63, 3.8) is 0 Å². The molecule has 2 heterocycles. The molecule has 1 amide bonds. The Morgan fingerprint density at radius 3 is 2.41 bits per heavy atom. The number of alkyl halides is 3. The molecule has 0 aliphatic carbocycles. The molecule has 1 N–H and O–H groups in total. The molecule has 0 unspecified atom stereocenters. The minimum absolute atomic E-state index is 0.0143. The van der Waals surface area contributed by atoms with E-state index < -0.39 is 17.2 Å². The summed E-state index contributed by atoms with van der Waals surface area (Å²) in [6, 6.07) is 5.29. The van der Waals surface area contributed by atoms with Gasteiger partial charge >= 0.3 is 6.18 Å². The van der Waals surface area contributed by atoms with Crippen molar-refractivity contribution in [1.29, 1.82) is 0 Å². The largest absolute Gasteiger partial charge is 0.416 e. The maximum atomic E-state index is 13.0. The van der Waals surface area contributed by atoms with Crippen LogP contribution in [0.25, 0.3) is 0 Å². The van der Waals surface area contributed by atoms with Crippen molar-refractivity contribution in [2.45, 2.75) is 30.9 Å². The van der Waals surface area contributed by atoms with Gasteiger partial charge in [-0.2, -0.15) is 13.2 Å². The number of benzene rings is 1. The van der Waals surface area contributed by atoms with Crippen molar-refractivity contribution in [1.82, 2.24) is 10.2 Å². The second-order valence-electron chi connectivity index (χ2n) is 6.06. The summed E-state index contributed by atoms with van der Waals surface area (Å²) in [4.78, 5) is 14.7. The van der Waals surface area contributed by atoms with Crippen LogP contribution in [0.15, 0.2) is 24.3 Å². The van der Waals surface area contributed by atoms with E-state index in [0.29, 0.717) is 44.6 Å². The third kappa shape index (κ3) is 2.60. The second kappa shape index (κ2) is 5.57. The standard InChI is InChI=1S/C16H19F3N2O/c17-16(18,19)13-4-1-3-12(11-13)15(5-7-20-8-6-15)14(22)21-9-2-10-21/h1,3-4,11,20H,2,5-10H2. The molecule has 0 spiro atoms. The van der Waals surface area contributed by atoms with E-state index in [4.69, 9.17) is 0 Å². The number of hydrogen-bond acceptors (Lipinski definition) is 2. The average Bonchev–Trinajstić information content (AvgIpc) is 2.45. The minimum Gasteiger partial charge on any atom is -0.342 e. The van der Waals surface area contributed by atoms with Crippen molar-refractivity contribution in [3.05, 3.63) is 35.4 Å². The molecule has 3 nitrogen and oxygen atoms in total. The Morgan fingerprint density at radius 2 is 1.86 bits per heavy atom. The first-order valence-corrected chi connectivity index (χ1v) is 7.61. The monoisotopic (exact) mass is 312 g/mol. The number of nitrogens with zero attached hydrogens (tertiary/aromatic N) is 1. The summed E-state index contributed by atoms with van der Waals surface area (Å²) in [5.41, 5.74) is -0.993. The molecule has 6 heteroatoms. The van der Waals surface area contributed by atoms with E-state index in [0.717, 1.165) is 18.6 Å². The van der Waals surface area contributed by atoms with Crippen LogP contribution in [0.1, 0.15) is 30.4 Å². The normalized spacial score (nSPS) is 21.3. The van der Waals surface area contributed by atoms with Crippen LogP contribution in [0, 0.1) is 0 Å². The molecule has 2 fully saturated rings. The molecule has 3 rings (SSSR count). The molecule has 2 saturated heterocycles. The summed E-state index contributed by atoms with van der Waals surface area (Å²) in [5.74, 6) is -0.0143. The van der Waals surface area contributed by atoms with Gasteiger partial charge in [0.15, 0.2) is 0 Å². The van der Waals surface area contributed by atoms with E-state index in [9.17, 15) is 18.0 Å². The Hall–Kier alpha value is -1.56. The van der Waals surface area contributed by atoms with E-state index in [-0.39, 0.29) is 5.91 Å². The van der Waals surface area contributed by atoms with Crippen LogP contribution in [-0.2, 0) is 16.4 Å². The number of amides is 1. The Labute approximate surface area is 127 Å². The second-order valence-corrected chi connectivity index (χ2v) is 6.06. The molecule has 22 heavy (non-hydrogen) atoms. The molecule has 0 atom stereocenters. The highest BCUT2D eigenvalue weighted by atomic mass is 19.4. The van der Waals surface area contributed by atoms with Crippen molar-refractivity contribution < 1.29 is 18.0 Å². The number of carbonyl (C=O) groups excluding carboxylic acids is 1. The van der Waals surface area contributed by atoms with E-state index in [1.807, 2.05) is 0 Å². The first-order chi connectivity index (χ1) is 10.4. The smallest absolute Gasteiger partial charge is 0.342 e. The number of halogens is 3. The summed E-state index contributed by atoms with van der Waals surface area (Å²) in [7, 11) is 0.